The molecule has 1 N–H and O–H groups in total. The largest absolute Gasteiger partial charge is 0.373 e. The van der Waals surface area contributed by atoms with Gasteiger partial charge in [0, 0.05) is 54.9 Å². The van der Waals surface area contributed by atoms with Crippen molar-refractivity contribution in [2.24, 2.45) is 0 Å². The molecule has 0 atom stereocenters. The molecule has 182 valence electrons. The molecule has 2 aliphatic heterocycles. The summed E-state index contributed by atoms with van der Waals surface area (Å²) in [6, 6.07) is 14.8. The molecule has 0 aliphatic carbocycles. The number of likely N-dealkylation sites (N-methyl/N-ethyl adjacent to an activating group) is 1. The minimum absolute atomic E-state index is 0.535. The Morgan fingerprint density at radius 2 is 1.71 bits per heavy atom. The lowest BCUT2D eigenvalue weighted by molar-refractivity contribution is 0.140. The normalized spacial score (nSPS) is 17.4. The molecule has 0 spiro atoms. The third-order valence-electron chi connectivity index (χ3n) is 6.47. The van der Waals surface area contributed by atoms with Crippen LogP contribution < -0.4 is 10.2 Å². The Hall–Kier alpha value is -3.26. The van der Waals surface area contributed by atoms with Crippen LogP contribution in [0, 0.1) is 6.92 Å². The molecule has 1 aromatic heterocycles. The summed E-state index contributed by atoms with van der Waals surface area (Å²) in [5.41, 5.74) is 7.47. The van der Waals surface area contributed by atoms with Gasteiger partial charge in [-0.25, -0.2) is 9.97 Å². The lowest BCUT2D eigenvalue weighted by Crippen LogP contribution is -2.44. The second kappa shape index (κ2) is 11.0. The topological polar surface area (TPSA) is 62.8 Å². The summed E-state index contributed by atoms with van der Waals surface area (Å²) in [5.74, 6) is 0.579. The Morgan fingerprint density at radius 1 is 0.914 bits per heavy atom. The van der Waals surface area contributed by atoms with Gasteiger partial charge >= 0.3 is 0 Å². The molecular weight excluding hydrogens is 438 g/mol. The molecule has 0 radical (unpaired) electrons. The number of ether oxygens (including phenoxy) is 2. The van der Waals surface area contributed by atoms with Gasteiger partial charge < -0.3 is 24.6 Å². The van der Waals surface area contributed by atoms with E-state index in [0.717, 1.165) is 59.8 Å². The van der Waals surface area contributed by atoms with Crippen LogP contribution >= 0.6 is 0 Å². The predicted molar refractivity (Wildman–Crippen MR) is 140 cm³/mol. The number of rotatable bonds is 1. The molecule has 6 bridgehead atoms. The van der Waals surface area contributed by atoms with Gasteiger partial charge in [-0.05, 0) is 49.4 Å². The molecular formula is C28H33N5O2. The quantitative estimate of drug-likeness (QED) is 0.523. The maximum Gasteiger partial charge on any atom is 0.227 e. The molecule has 2 aromatic carbocycles. The molecule has 5 rings (SSSR count). The molecule has 2 aliphatic rings. The van der Waals surface area contributed by atoms with Gasteiger partial charge in [0.15, 0.2) is 0 Å². The lowest BCUT2D eigenvalue weighted by atomic mass is 10.1. The van der Waals surface area contributed by atoms with Gasteiger partial charge in [0.1, 0.15) is 0 Å². The number of benzene rings is 2. The fraction of sp³-hybridized carbons (Fsp3) is 0.357. The van der Waals surface area contributed by atoms with Gasteiger partial charge in [-0.1, -0.05) is 30.4 Å². The number of aromatic nitrogens is 2. The number of nitrogens with zero attached hydrogens (tertiary/aromatic N) is 4. The van der Waals surface area contributed by atoms with Gasteiger partial charge in [0.05, 0.1) is 32.1 Å². The van der Waals surface area contributed by atoms with E-state index in [1.165, 1.54) is 5.69 Å². The number of aryl methyl sites for hydroxylation is 1. The monoisotopic (exact) mass is 471 g/mol. The summed E-state index contributed by atoms with van der Waals surface area (Å²) in [6.45, 7) is 8.36. The van der Waals surface area contributed by atoms with E-state index < -0.39 is 0 Å². The van der Waals surface area contributed by atoms with E-state index in [1.807, 2.05) is 31.3 Å². The standard InChI is InChI=1S/C28H33N5O2/c1-21-18-29-28-30-25-8-9-26(33-12-10-32(2)11-13-33)24(17-25)20-35-15-4-3-14-34-19-22-6-5-7-23(16-22)27(21)31-28/h3-9,16-18H,10-15,19-20H2,1-2H3,(H,29,30,31). The molecule has 1 fully saturated rings. The van der Waals surface area contributed by atoms with Crippen molar-refractivity contribution < 1.29 is 9.47 Å². The predicted octanol–water partition coefficient (Wildman–Crippen LogP) is 4.55. The van der Waals surface area contributed by atoms with E-state index in [0.29, 0.717) is 32.4 Å². The fourth-order valence-electron chi connectivity index (χ4n) is 4.48. The summed E-state index contributed by atoms with van der Waals surface area (Å²) >= 11 is 0. The number of anilines is 3. The van der Waals surface area contributed by atoms with Crippen LogP contribution in [0.5, 0.6) is 0 Å². The van der Waals surface area contributed by atoms with Crippen LogP contribution in [-0.4, -0.2) is 61.3 Å². The van der Waals surface area contributed by atoms with Crippen LogP contribution in [0.25, 0.3) is 11.3 Å². The van der Waals surface area contributed by atoms with Crippen molar-refractivity contribution >= 4 is 17.3 Å². The summed E-state index contributed by atoms with van der Waals surface area (Å²) < 4.78 is 11.9. The molecule has 0 saturated carbocycles. The van der Waals surface area contributed by atoms with Crippen molar-refractivity contribution in [1.29, 1.82) is 0 Å². The molecule has 7 nitrogen and oxygen atoms in total. The first-order chi connectivity index (χ1) is 17.2. The number of nitrogens with one attached hydrogen (secondary N) is 1. The molecule has 0 amide bonds. The third kappa shape index (κ3) is 5.88. The zero-order valence-electron chi connectivity index (χ0n) is 20.5. The van der Waals surface area contributed by atoms with Crippen LogP contribution in [0.2, 0.25) is 0 Å². The van der Waals surface area contributed by atoms with Gasteiger partial charge in [0.25, 0.3) is 0 Å². The van der Waals surface area contributed by atoms with Gasteiger partial charge in [-0.2, -0.15) is 0 Å². The fourth-order valence-corrected chi connectivity index (χ4v) is 4.48. The second-order valence-corrected chi connectivity index (χ2v) is 9.19. The van der Waals surface area contributed by atoms with Crippen molar-refractivity contribution in [2.75, 3.05) is 56.7 Å². The van der Waals surface area contributed by atoms with Crippen LogP contribution in [0.4, 0.5) is 17.3 Å². The SMILES string of the molecule is Cc1cnc2nc1-c1cccc(c1)COCC=CCOCc1cc(ccc1N1CCN(C)CC1)N2. The first-order valence-corrected chi connectivity index (χ1v) is 12.2. The van der Waals surface area contributed by atoms with Gasteiger partial charge in [-0.15, -0.1) is 0 Å². The zero-order chi connectivity index (χ0) is 24.0. The highest BCUT2D eigenvalue weighted by Crippen LogP contribution is 2.29. The average Bonchev–Trinajstić information content (AvgIpc) is 2.87. The highest BCUT2D eigenvalue weighted by Gasteiger charge is 2.18. The first kappa shape index (κ1) is 23.5. The first-order valence-electron chi connectivity index (χ1n) is 12.2. The lowest BCUT2D eigenvalue weighted by Gasteiger charge is -2.35. The molecule has 3 heterocycles. The van der Waals surface area contributed by atoms with Crippen molar-refractivity contribution in [3.8, 4) is 11.3 Å². The van der Waals surface area contributed by atoms with E-state index >= 15 is 0 Å². The van der Waals surface area contributed by atoms with Crippen molar-refractivity contribution in [3.05, 3.63) is 77.5 Å². The average molecular weight is 472 g/mol. The minimum atomic E-state index is 0.535. The summed E-state index contributed by atoms with van der Waals surface area (Å²) in [6.07, 6.45) is 5.92. The number of piperazine rings is 1. The zero-order valence-corrected chi connectivity index (χ0v) is 20.5. The second-order valence-electron chi connectivity index (χ2n) is 9.19. The van der Waals surface area contributed by atoms with Crippen LogP contribution in [0.1, 0.15) is 16.7 Å². The number of hydrogen-bond acceptors (Lipinski definition) is 7. The third-order valence-corrected chi connectivity index (χ3v) is 6.47. The summed E-state index contributed by atoms with van der Waals surface area (Å²) in [7, 11) is 2.18. The Kier molecular flexibility index (Phi) is 7.37. The van der Waals surface area contributed by atoms with Crippen LogP contribution in [0.3, 0.4) is 0 Å². The van der Waals surface area contributed by atoms with Crippen molar-refractivity contribution in [1.82, 2.24) is 14.9 Å². The highest BCUT2D eigenvalue weighted by molar-refractivity contribution is 5.67. The molecule has 35 heavy (non-hydrogen) atoms. The Balaban J connectivity index is 1.48. The van der Waals surface area contributed by atoms with E-state index in [9.17, 15) is 0 Å². The van der Waals surface area contributed by atoms with E-state index in [4.69, 9.17) is 14.5 Å². The number of fused-ring (bicyclic) bond motifs is 7. The van der Waals surface area contributed by atoms with E-state index in [1.54, 1.807) is 0 Å². The molecule has 7 heteroatoms. The molecule has 0 unspecified atom stereocenters. The van der Waals surface area contributed by atoms with Crippen molar-refractivity contribution in [2.45, 2.75) is 20.1 Å². The van der Waals surface area contributed by atoms with E-state index in [2.05, 4.69) is 63.5 Å². The smallest absolute Gasteiger partial charge is 0.227 e. The molecule has 3 aromatic rings. The van der Waals surface area contributed by atoms with E-state index in [-0.39, 0.29) is 0 Å². The summed E-state index contributed by atoms with van der Waals surface area (Å²) in [4.78, 5) is 14.2. The number of hydrogen-bond donors (Lipinski definition) is 1. The van der Waals surface area contributed by atoms with Gasteiger partial charge in [-0.3, -0.25) is 0 Å². The van der Waals surface area contributed by atoms with Crippen LogP contribution in [0.15, 0.2) is 60.8 Å². The highest BCUT2D eigenvalue weighted by atomic mass is 16.5. The summed E-state index contributed by atoms with van der Waals surface area (Å²) in [5, 5.41) is 3.42. The van der Waals surface area contributed by atoms with Crippen molar-refractivity contribution in [3.63, 3.8) is 0 Å². The van der Waals surface area contributed by atoms with Gasteiger partial charge in [0.2, 0.25) is 5.95 Å². The van der Waals surface area contributed by atoms with Crippen LogP contribution in [-0.2, 0) is 22.7 Å². The Labute approximate surface area is 207 Å². The molecule has 1 saturated heterocycles. The maximum absolute atomic E-state index is 6.03. The Bertz CT molecular complexity index is 1190. The minimum Gasteiger partial charge on any atom is -0.373 e. The maximum atomic E-state index is 6.03. The Morgan fingerprint density at radius 3 is 2.54 bits per heavy atom.